The molecule has 0 saturated heterocycles. The van der Waals surface area contributed by atoms with E-state index in [0.29, 0.717) is 11.8 Å². The van der Waals surface area contributed by atoms with Gasteiger partial charge in [-0.15, -0.1) is 0 Å². The molecule has 0 bridgehead atoms. The molecule has 1 heterocycles. The third-order valence-corrected chi connectivity index (χ3v) is 5.36. The molecule has 4 heteroatoms. The molecule has 0 radical (unpaired) electrons. The number of rotatable bonds is 3. The van der Waals surface area contributed by atoms with E-state index in [1.54, 1.807) is 18.3 Å². The van der Waals surface area contributed by atoms with Gasteiger partial charge in [0.25, 0.3) is 0 Å². The smallest absolute Gasteiger partial charge is 0.224 e. The number of carbonyl (C=O) groups is 1. The van der Waals surface area contributed by atoms with E-state index in [0.717, 1.165) is 36.6 Å². The summed E-state index contributed by atoms with van der Waals surface area (Å²) in [7, 11) is 0. The topological polar surface area (TPSA) is 30.0 Å². The van der Waals surface area contributed by atoms with Crippen LogP contribution >= 0.6 is 11.6 Å². The van der Waals surface area contributed by atoms with Crippen molar-refractivity contribution >= 4 is 27.7 Å². The van der Waals surface area contributed by atoms with Gasteiger partial charge in [-0.05, 0) is 78.9 Å². The minimum atomic E-state index is -0.236. The van der Waals surface area contributed by atoms with Gasteiger partial charge in [-0.1, -0.05) is 6.92 Å². The highest BCUT2D eigenvalue weighted by Crippen LogP contribution is 2.41. The highest BCUT2D eigenvalue weighted by Gasteiger charge is 2.29. The fourth-order valence-electron chi connectivity index (χ4n) is 3.61. The summed E-state index contributed by atoms with van der Waals surface area (Å²) in [5.74, 6) is 0.471. The second kappa shape index (κ2) is 6.33. The lowest BCUT2D eigenvalue weighted by Gasteiger charge is -2.31. The Bertz CT molecular complexity index is 695. The van der Waals surface area contributed by atoms with Crippen molar-refractivity contribution in [3.63, 3.8) is 0 Å². The van der Waals surface area contributed by atoms with Crippen molar-refractivity contribution in [1.82, 2.24) is 4.98 Å². The number of hydrogen-bond acceptors (Lipinski definition) is 2. The predicted molar refractivity (Wildman–Crippen MR) is 86.4 cm³/mol. The molecule has 1 aliphatic carbocycles. The lowest BCUT2D eigenvalue weighted by atomic mass is 9.74. The monoisotopic (exact) mass is 319 g/mol. The van der Waals surface area contributed by atoms with Crippen molar-refractivity contribution in [2.24, 2.45) is 11.8 Å². The van der Waals surface area contributed by atoms with E-state index in [-0.39, 0.29) is 17.0 Å². The highest BCUT2D eigenvalue weighted by atomic mass is 35.5. The zero-order valence-corrected chi connectivity index (χ0v) is 13.3. The number of benzene rings is 1. The van der Waals surface area contributed by atoms with E-state index in [4.69, 9.17) is 11.6 Å². The summed E-state index contributed by atoms with van der Waals surface area (Å²) in [5.41, 5.74) is 2.01. The number of halogens is 2. The molecule has 2 aromatic rings. The van der Waals surface area contributed by atoms with Crippen molar-refractivity contribution in [2.45, 2.75) is 38.5 Å². The molecule has 3 rings (SSSR count). The van der Waals surface area contributed by atoms with Gasteiger partial charge in [-0.2, -0.15) is 0 Å². The Labute approximate surface area is 134 Å². The summed E-state index contributed by atoms with van der Waals surface area (Å²) >= 11 is 5.62. The van der Waals surface area contributed by atoms with Gasteiger partial charge in [0.05, 0.1) is 5.52 Å². The molecule has 1 saturated carbocycles. The first-order valence-electron chi connectivity index (χ1n) is 7.79. The number of pyridine rings is 1. The molecular weight excluding hydrogens is 301 g/mol. The Kier molecular flexibility index (Phi) is 4.44. The molecule has 2 nitrogen and oxygen atoms in total. The Morgan fingerprint density at radius 3 is 2.68 bits per heavy atom. The van der Waals surface area contributed by atoms with Crippen LogP contribution in [-0.4, -0.2) is 10.2 Å². The first kappa shape index (κ1) is 15.4. The molecule has 1 aromatic carbocycles. The van der Waals surface area contributed by atoms with Crippen LogP contribution in [0, 0.1) is 17.7 Å². The van der Waals surface area contributed by atoms with Gasteiger partial charge in [0.2, 0.25) is 5.24 Å². The molecule has 22 heavy (non-hydrogen) atoms. The van der Waals surface area contributed by atoms with Crippen LogP contribution < -0.4 is 0 Å². The van der Waals surface area contributed by atoms with Crippen LogP contribution in [0.15, 0.2) is 30.5 Å². The Hall–Kier alpha value is -1.48. The van der Waals surface area contributed by atoms with Gasteiger partial charge < -0.3 is 0 Å². The van der Waals surface area contributed by atoms with E-state index >= 15 is 0 Å². The second-order valence-electron chi connectivity index (χ2n) is 6.27. The lowest BCUT2D eigenvalue weighted by Crippen LogP contribution is -2.22. The molecule has 1 unspecified atom stereocenters. The van der Waals surface area contributed by atoms with E-state index in [1.807, 2.05) is 13.0 Å². The first-order chi connectivity index (χ1) is 10.6. The molecule has 0 aliphatic heterocycles. The maximum absolute atomic E-state index is 13.6. The minimum Gasteiger partial charge on any atom is -0.281 e. The maximum atomic E-state index is 13.6. The van der Waals surface area contributed by atoms with Crippen molar-refractivity contribution in [3.05, 3.63) is 41.8 Å². The quantitative estimate of drug-likeness (QED) is 0.741. The van der Waals surface area contributed by atoms with Crippen molar-refractivity contribution in [1.29, 1.82) is 0 Å². The molecule has 1 fully saturated rings. The molecule has 1 atom stereocenters. The summed E-state index contributed by atoms with van der Waals surface area (Å²) in [4.78, 5) is 15.6. The molecule has 0 spiro atoms. The fourth-order valence-corrected chi connectivity index (χ4v) is 3.79. The number of fused-ring (bicyclic) bond motifs is 1. The SMILES string of the molecule is CC(C(=O)Cl)[C@H]1CC[C@@H](c2ccnc3ccc(F)cc32)CC1. The third kappa shape index (κ3) is 3.00. The van der Waals surface area contributed by atoms with Crippen molar-refractivity contribution < 1.29 is 9.18 Å². The van der Waals surface area contributed by atoms with Crippen molar-refractivity contribution in [3.8, 4) is 0 Å². The highest BCUT2D eigenvalue weighted by molar-refractivity contribution is 6.63. The van der Waals surface area contributed by atoms with E-state index < -0.39 is 0 Å². The summed E-state index contributed by atoms with van der Waals surface area (Å²) in [6.45, 7) is 1.91. The normalized spacial score (nSPS) is 23.4. The van der Waals surface area contributed by atoms with Crippen LogP contribution in [0.4, 0.5) is 4.39 Å². The average Bonchev–Trinajstić information content (AvgIpc) is 2.53. The van der Waals surface area contributed by atoms with Crippen LogP contribution in [0.2, 0.25) is 0 Å². The fraction of sp³-hybridized carbons (Fsp3) is 0.444. The van der Waals surface area contributed by atoms with E-state index in [9.17, 15) is 9.18 Å². The largest absolute Gasteiger partial charge is 0.281 e. The van der Waals surface area contributed by atoms with Gasteiger partial charge in [-0.3, -0.25) is 9.78 Å². The first-order valence-corrected chi connectivity index (χ1v) is 8.17. The van der Waals surface area contributed by atoms with Crippen LogP contribution in [0.25, 0.3) is 10.9 Å². The standard InChI is InChI=1S/C18H19ClFNO/c1-11(18(19)22)12-2-4-13(5-3-12)15-8-9-21-17-7-6-14(20)10-16(15)17/h6-13H,2-5H2,1H3/t11?,12-,13+. The molecule has 0 N–H and O–H groups in total. The van der Waals surface area contributed by atoms with Crippen LogP contribution in [0.3, 0.4) is 0 Å². The molecule has 0 amide bonds. The zero-order valence-electron chi connectivity index (χ0n) is 12.6. The summed E-state index contributed by atoms with van der Waals surface area (Å²) in [6, 6.07) is 6.76. The Morgan fingerprint density at radius 2 is 2.00 bits per heavy atom. The van der Waals surface area contributed by atoms with Gasteiger partial charge >= 0.3 is 0 Å². The molecule has 1 aliphatic rings. The summed E-state index contributed by atoms with van der Waals surface area (Å²) in [5, 5.41) is 0.673. The maximum Gasteiger partial charge on any atom is 0.224 e. The van der Waals surface area contributed by atoms with E-state index in [2.05, 4.69) is 4.98 Å². The molecule has 116 valence electrons. The van der Waals surface area contributed by atoms with Gasteiger partial charge in [0.1, 0.15) is 5.82 Å². The average molecular weight is 320 g/mol. The van der Waals surface area contributed by atoms with Gasteiger partial charge in [-0.25, -0.2) is 4.39 Å². The zero-order chi connectivity index (χ0) is 15.7. The number of hydrogen-bond donors (Lipinski definition) is 0. The molecule has 1 aromatic heterocycles. The van der Waals surface area contributed by atoms with E-state index in [1.165, 1.54) is 11.6 Å². The van der Waals surface area contributed by atoms with Crippen LogP contribution in [0.5, 0.6) is 0 Å². The van der Waals surface area contributed by atoms with Crippen LogP contribution in [0.1, 0.15) is 44.1 Å². The summed E-state index contributed by atoms with van der Waals surface area (Å²) in [6.07, 6.45) is 5.79. The van der Waals surface area contributed by atoms with Crippen LogP contribution in [-0.2, 0) is 4.79 Å². The van der Waals surface area contributed by atoms with Gasteiger partial charge in [0, 0.05) is 17.5 Å². The summed E-state index contributed by atoms with van der Waals surface area (Å²) < 4.78 is 13.6. The number of carbonyl (C=O) groups excluding carboxylic acids is 1. The minimum absolute atomic E-state index is 0.0748. The Morgan fingerprint density at radius 1 is 1.27 bits per heavy atom. The number of nitrogens with zero attached hydrogens (tertiary/aromatic N) is 1. The predicted octanol–water partition coefficient (Wildman–Crippen LogP) is 5.05. The van der Waals surface area contributed by atoms with Crippen molar-refractivity contribution in [2.75, 3.05) is 0 Å². The number of aromatic nitrogens is 1. The molecular formula is C18H19ClFNO. The Balaban J connectivity index is 1.82. The lowest BCUT2D eigenvalue weighted by molar-refractivity contribution is -0.116. The second-order valence-corrected chi connectivity index (χ2v) is 6.64. The van der Waals surface area contributed by atoms with Gasteiger partial charge in [0.15, 0.2) is 0 Å². The third-order valence-electron chi connectivity index (χ3n) is 5.01.